The molecule has 0 radical (unpaired) electrons. The van der Waals surface area contributed by atoms with Gasteiger partial charge in [-0.3, -0.25) is 4.90 Å². The first-order valence-corrected chi connectivity index (χ1v) is 5.88. The van der Waals surface area contributed by atoms with Gasteiger partial charge in [-0.25, -0.2) is 4.39 Å². The molecule has 0 aromatic heterocycles. The maximum atomic E-state index is 12.9. The number of hydrogen-bond donors (Lipinski definition) is 1. The first-order valence-electron chi connectivity index (χ1n) is 5.88. The second-order valence-electron chi connectivity index (χ2n) is 4.22. The molecule has 2 rings (SSSR count). The Labute approximate surface area is 125 Å². The van der Waals surface area contributed by atoms with E-state index < -0.39 is 0 Å². The summed E-state index contributed by atoms with van der Waals surface area (Å²) < 4.78 is 12.9. The summed E-state index contributed by atoms with van der Waals surface area (Å²) in [7, 11) is 0. The summed E-state index contributed by atoms with van der Waals surface area (Å²) in [5.74, 6) is -0.232. The number of hydrogen-bond acceptors (Lipinski definition) is 3. The molecule has 0 aliphatic carbocycles. The van der Waals surface area contributed by atoms with Gasteiger partial charge < -0.3 is 5.32 Å². The van der Waals surface area contributed by atoms with Crippen molar-refractivity contribution >= 4 is 24.8 Å². The summed E-state index contributed by atoms with van der Waals surface area (Å²) in [6.07, 6.45) is 0.450. The van der Waals surface area contributed by atoms with Gasteiger partial charge in [0.2, 0.25) is 0 Å². The molecule has 0 bridgehead atoms. The number of benzene rings is 1. The van der Waals surface area contributed by atoms with Crippen LogP contribution < -0.4 is 5.32 Å². The lowest BCUT2D eigenvalue weighted by molar-refractivity contribution is 0.175. The highest BCUT2D eigenvalue weighted by Crippen LogP contribution is 2.24. The van der Waals surface area contributed by atoms with E-state index in [9.17, 15) is 4.39 Å². The highest BCUT2D eigenvalue weighted by atomic mass is 35.5. The van der Waals surface area contributed by atoms with E-state index >= 15 is 0 Å². The number of nitriles is 1. The van der Waals surface area contributed by atoms with E-state index in [2.05, 4.69) is 16.3 Å². The molecule has 0 spiro atoms. The number of halogens is 3. The summed E-state index contributed by atoms with van der Waals surface area (Å²) in [4.78, 5) is 2.28. The normalized spacial score (nSPS) is 16.6. The van der Waals surface area contributed by atoms with Gasteiger partial charge in [-0.15, -0.1) is 24.8 Å². The van der Waals surface area contributed by atoms with Crippen molar-refractivity contribution in [3.05, 3.63) is 35.6 Å². The Morgan fingerprint density at radius 3 is 2.32 bits per heavy atom. The smallest absolute Gasteiger partial charge is 0.123 e. The van der Waals surface area contributed by atoms with Crippen LogP contribution >= 0.6 is 24.8 Å². The Kier molecular flexibility index (Phi) is 8.70. The molecule has 1 atom stereocenters. The number of rotatable bonds is 3. The van der Waals surface area contributed by atoms with Crippen molar-refractivity contribution in [3.8, 4) is 6.07 Å². The quantitative estimate of drug-likeness (QED) is 0.933. The van der Waals surface area contributed by atoms with Crippen LogP contribution in [0.5, 0.6) is 0 Å². The highest BCUT2D eigenvalue weighted by molar-refractivity contribution is 5.85. The molecule has 1 aromatic rings. The Morgan fingerprint density at radius 1 is 1.21 bits per heavy atom. The summed E-state index contributed by atoms with van der Waals surface area (Å²) in [6.45, 7) is 3.76. The zero-order valence-electron chi connectivity index (χ0n) is 10.5. The average Bonchev–Trinajstić information content (AvgIpc) is 2.38. The molecular weight excluding hydrogens is 288 g/mol. The van der Waals surface area contributed by atoms with Gasteiger partial charge >= 0.3 is 0 Å². The predicted molar refractivity (Wildman–Crippen MR) is 78.3 cm³/mol. The van der Waals surface area contributed by atoms with Crippen molar-refractivity contribution in [2.45, 2.75) is 12.5 Å². The fraction of sp³-hybridized carbons (Fsp3) is 0.462. The highest BCUT2D eigenvalue weighted by Gasteiger charge is 2.21. The van der Waals surface area contributed by atoms with E-state index in [0.29, 0.717) is 6.42 Å². The zero-order valence-corrected chi connectivity index (χ0v) is 12.1. The van der Waals surface area contributed by atoms with Crippen LogP contribution in [0.2, 0.25) is 0 Å². The van der Waals surface area contributed by atoms with Gasteiger partial charge in [0, 0.05) is 32.2 Å². The number of nitrogens with zero attached hydrogens (tertiary/aromatic N) is 2. The molecule has 1 saturated heterocycles. The minimum Gasteiger partial charge on any atom is -0.314 e. The maximum absolute atomic E-state index is 12.9. The SMILES string of the molecule is Cl.Cl.N#CC[C@@H](c1ccc(F)cc1)N1CCNCC1. The maximum Gasteiger partial charge on any atom is 0.123 e. The lowest BCUT2D eigenvalue weighted by atomic mass is 10.0. The molecule has 106 valence electrons. The third-order valence-corrected chi connectivity index (χ3v) is 3.13. The Morgan fingerprint density at radius 2 is 1.79 bits per heavy atom. The van der Waals surface area contributed by atoms with Crippen molar-refractivity contribution in [2.75, 3.05) is 26.2 Å². The third-order valence-electron chi connectivity index (χ3n) is 3.13. The van der Waals surface area contributed by atoms with E-state index in [1.165, 1.54) is 12.1 Å². The fourth-order valence-corrected chi connectivity index (χ4v) is 2.22. The van der Waals surface area contributed by atoms with E-state index in [1.54, 1.807) is 12.1 Å². The Hall–Kier alpha value is -0.860. The molecular formula is C13H18Cl2FN3. The largest absolute Gasteiger partial charge is 0.314 e. The van der Waals surface area contributed by atoms with Crippen molar-refractivity contribution in [3.63, 3.8) is 0 Å². The van der Waals surface area contributed by atoms with Gasteiger partial charge in [-0.05, 0) is 17.7 Å². The molecule has 0 amide bonds. The van der Waals surface area contributed by atoms with Crippen molar-refractivity contribution < 1.29 is 4.39 Å². The monoisotopic (exact) mass is 305 g/mol. The predicted octanol–water partition coefficient (Wildman–Crippen LogP) is 2.53. The lowest BCUT2D eigenvalue weighted by Crippen LogP contribution is -2.45. The molecule has 6 heteroatoms. The van der Waals surface area contributed by atoms with E-state index in [-0.39, 0.29) is 36.7 Å². The van der Waals surface area contributed by atoms with Crippen LogP contribution in [0.15, 0.2) is 24.3 Å². The van der Waals surface area contributed by atoms with Crippen LogP contribution in [0.1, 0.15) is 18.0 Å². The van der Waals surface area contributed by atoms with Gasteiger partial charge in [-0.2, -0.15) is 5.26 Å². The Bertz CT molecular complexity index is 399. The molecule has 0 unspecified atom stereocenters. The van der Waals surface area contributed by atoms with Crippen LogP contribution in [0, 0.1) is 17.1 Å². The molecule has 1 heterocycles. The van der Waals surface area contributed by atoms with E-state index in [0.717, 1.165) is 31.7 Å². The van der Waals surface area contributed by atoms with Crippen molar-refractivity contribution in [1.29, 1.82) is 5.26 Å². The molecule has 1 aromatic carbocycles. The Balaban J connectivity index is 0.00000162. The van der Waals surface area contributed by atoms with Crippen LogP contribution in [0.25, 0.3) is 0 Å². The molecule has 3 nitrogen and oxygen atoms in total. The minimum absolute atomic E-state index is 0. The van der Waals surface area contributed by atoms with Crippen LogP contribution in [0.4, 0.5) is 4.39 Å². The number of piperazine rings is 1. The standard InChI is InChI=1S/C13H16FN3.2ClH/c14-12-3-1-11(2-4-12)13(5-6-15)17-9-7-16-8-10-17;;/h1-4,13,16H,5,7-10H2;2*1H/t13-;;/m0../s1. The van der Waals surface area contributed by atoms with E-state index in [1.807, 2.05) is 0 Å². The van der Waals surface area contributed by atoms with Gasteiger partial charge in [0.1, 0.15) is 5.82 Å². The van der Waals surface area contributed by atoms with Crippen LogP contribution in [-0.2, 0) is 0 Å². The summed E-state index contributed by atoms with van der Waals surface area (Å²) in [5, 5.41) is 12.2. The molecule has 0 saturated carbocycles. The molecule has 1 fully saturated rings. The van der Waals surface area contributed by atoms with Crippen LogP contribution in [-0.4, -0.2) is 31.1 Å². The van der Waals surface area contributed by atoms with Gasteiger partial charge in [-0.1, -0.05) is 12.1 Å². The van der Waals surface area contributed by atoms with Crippen molar-refractivity contribution in [2.24, 2.45) is 0 Å². The summed E-state index contributed by atoms with van der Waals surface area (Å²) in [6, 6.07) is 8.78. The average molecular weight is 306 g/mol. The second-order valence-corrected chi connectivity index (χ2v) is 4.22. The molecule has 1 aliphatic rings. The van der Waals surface area contributed by atoms with Gasteiger partial charge in [0.05, 0.1) is 12.5 Å². The van der Waals surface area contributed by atoms with E-state index in [4.69, 9.17) is 5.26 Å². The fourth-order valence-electron chi connectivity index (χ4n) is 2.22. The second kappa shape index (κ2) is 9.11. The zero-order chi connectivity index (χ0) is 12.1. The van der Waals surface area contributed by atoms with Crippen molar-refractivity contribution in [1.82, 2.24) is 10.2 Å². The summed E-state index contributed by atoms with van der Waals surface area (Å²) in [5.41, 5.74) is 1.02. The number of nitrogens with one attached hydrogen (secondary N) is 1. The first kappa shape index (κ1) is 18.1. The first-order chi connectivity index (χ1) is 8.31. The molecule has 1 N–H and O–H groups in total. The third kappa shape index (κ3) is 4.96. The topological polar surface area (TPSA) is 39.1 Å². The minimum atomic E-state index is -0.232. The molecule has 19 heavy (non-hydrogen) atoms. The lowest BCUT2D eigenvalue weighted by Gasteiger charge is -2.34. The van der Waals surface area contributed by atoms with Crippen LogP contribution in [0.3, 0.4) is 0 Å². The summed E-state index contributed by atoms with van der Waals surface area (Å²) >= 11 is 0. The molecule has 1 aliphatic heterocycles. The van der Waals surface area contributed by atoms with Gasteiger partial charge in [0.15, 0.2) is 0 Å². The van der Waals surface area contributed by atoms with Gasteiger partial charge in [0.25, 0.3) is 0 Å².